The Balaban J connectivity index is 1.92. The molecule has 9 heteroatoms. The summed E-state index contributed by atoms with van der Waals surface area (Å²) in [4.78, 5) is 37.3. The van der Waals surface area contributed by atoms with Crippen LogP contribution in [0.1, 0.15) is 45.8 Å². The average molecular weight is 380 g/mol. The summed E-state index contributed by atoms with van der Waals surface area (Å²) >= 11 is 6.26. The van der Waals surface area contributed by atoms with E-state index in [1.54, 1.807) is 4.57 Å². The summed E-state index contributed by atoms with van der Waals surface area (Å²) in [5.74, 6) is -2.42. The average Bonchev–Trinajstić information content (AvgIpc) is 3.20. The fourth-order valence-electron chi connectivity index (χ4n) is 3.44. The highest BCUT2D eigenvalue weighted by atomic mass is 35.5. The molecule has 1 N–H and O–H groups in total. The van der Waals surface area contributed by atoms with Crippen molar-refractivity contribution in [1.29, 1.82) is 5.26 Å². The van der Waals surface area contributed by atoms with Gasteiger partial charge in [-0.25, -0.2) is 4.79 Å². The molecule has 26 heavy (non-hydrogen) atoms. The van der Waals surface area contributed by atoms with Crippen LogP contribution >= 0.6 is 11.6 Å². The lowest BCUT2D eigenvalue weighted by Crippen LogP contribution is -2.53. The Hall–Kier alpha value is -2.37. The van der Waals surface area contributed by atoms with Crippen molar-refractivity contribution in [3.8, 4) is 6.07 Å². The van der Waals surface area contributed by atoms with Crippen molar-refractivity contribution < 1.29 is 23.9 Å². The molecule has 0 radical (unpaired) electrons. The maximum atomic E-state index is 12.8. The molecule has 0 atom stereocenters. The number of esters is 1. The van der Waals surface area contributed by atoms with Gasteiger partial charge in [0.1, 0.15) is 11.2 Å². The maximum absolute atomic E-state index is 12.8. The molecule has 0 unspecified atom stereocenters. The minimum Gasteiger partial charge on any atom is -0.465 e. The van der Waals surface area contributed by atoms with Crippen LogP contribution < -0.4 is 5.32 Å². The number of methoxy groups -OCH3 is 1. The maximum Gasteiger partial charge on any atom is 0.341 e. The molecular weight excluding hydrogens is 362 g/mol. The summed E-state index contributed by atoms with van der Waals surface area (Å²) in [6.07, 6.45) is 1.91. The summed E-state index contributed by atoms with van der Waals surface area (Å²) in [5, 5.41) is 11.9. The van der Waals surface area contributed by atoms with Crippen molar-refractivity contribution in [2.45, 2.75) is 37.8 Å². The summed E-state index contributed by atoms with van der Waals surface area (Å²) in [7, 11) is 1.23. The second-order valence-electron chi connectivity index (χ2n) is 6.32. The number of ether oxygens (including phenoxy) is 2. The Morgan fingerprint density at radius 3 is 2.65 bits per heavy atom. The van der Waals surface area contributed by atoms with Crippen molar-refractivity contribution in [3.63, 3.8) is 0 Å². The molecular formula is C17H18ClN3O5. The monoisotopic (exact) mass is 379 g/mol. The standard InChI is InChI=1S/C17H18ClN3O5/c1-25-16(24)11-10-3-2-6-21(10)13(12(11)18)14(22)15(23)20-17(9-19)4-7-26-8-5-17/h2-8H2,1H3,(H,20,23). The number of Topliss-reactive ketones (excluding diaryl/α,β-unsaturated/α-hetero) is 1. The molecule has 0 spiro atoms. The molecule has 2 aliphatic rings. The van der Waals surface area contributed by atoms with Gasteiger partial charge in [-0.15, -0.1) is 0 Å². The van der Waals surface area contributed by atoms with Crippen molar-refractivity contribution in [2.24, 2.45) is 0 Å². The molecule has 0 aromatic carbocycles. The molecule has 138 valence electrons. The molecule has 8 nitrogen and oxygen atoms in total. The lowest BCUT2D eigenvalue weighted by molar-refractivity contribution is -0.119. The number of amides is 1. The van der Waals surface area contributed by atoms with E-state index in [1.807, 2.05) is 0 Å². The summed E-state index contributed by atoms with van der Waals surface area (Å²) in [6, 6.07) is 2.08. The number of rotatable bonds is 4. The molecule has 2 aliphatic heterocycles. The Bertz CT molecular complexity index is 817. The largest absolute Gasteiger partial charge is 0.465 e. The van der Waals surface area contributed by atoms with Gasteiger partial charge < -0.3 is 19.4 Å². The van der Waals surface area contributed by atoms with E-state index < -0.39 is 23.2 Å². The van der Waals surface area contributed by atoms with Crippen LogP contribution in [-0.4, -0.2) is 48.1 Å². The number of carbonyl (C=O) groups is 3. The molecule has 1 aromatic heterocycles. The van der Waals surface area contributed by atoms with Gasteiger partial charge in [-0.2, -0.15) is 5.26 Å². The third-order valence-electron chi connectivity index (χ3n) is 4.83. The number of ketones is 1. The number of nitriles is 1. The first-order chi connectivity index (χ1) is 12.4. The third-order valence-corrected chi connectivity index (χ3v) is 5.20. The normalized spacial score (nSPS) is 17.9. The van der Waals surface area contributed by atoms with Crippen LogP contribution in [0.3, 0.4) is 0 Å². The topological polar surface area (TPSA) is 110 Å². The molecule has 3 heterocycles. The lowest BCUT2D eigenvalue weighted by atomic mass is 9.91. The summed E-state index contributed by atoms with van der Waals surface area (Å²) < 4.78 is 11.6. The highest BCUT2D eigenvalue weighted by Gasteiger charge is 2.39. The van der Waals surface area contributed by atoms with Gasteiger partial charge in [0.2, 0.25) is 0 Å². The smallest absolute Gasteiger partial charge is 0.341 e. The Morgan fingerprint density at radius 2 is 2.04 bits per heavy atom. The molecule has 1 aromatic rings. The first kappa shape index (κ1) is 18.4. The van der Waals surface area contributed by atoms with Crippen LogP contribution in [0.25, 0.3) is 0 Å². The van der Waals surface area contributed by atoms with Crippen molar-refractivity contribution in [3.05, 3.63) is 22.0 Å². The predicted octanol–water partition coefficient (Wildman–Crippen LogP) is 1.25. The number of fused-ring (bicyclic) bond motifs is 1. The van der Waals surface area contributed by atoms with E-state index in [-0.39, 0.29) is 16.3 Å². The highest BCUT2D eigenvalue weighted by molar-refractivity contribution is 6.47. The van der Waals surface area contributed by atoms with E-state index in [0.717, 1.165) is 6.42 Å². The van der Waals surface area contributed by atoms with Crippen LogP contribution in [0.15, 0.2) is 0 Å². The van der Waals surface area contributed by atoms with Crippen LogP contribution in [0.5, 0.6) is 0 Å². The zero-order chi connectivity index (χ0) is 18.9. The number of carbonyl (C=O) groups excluding carboxylic acids is 3. The molecule has 1 saturated heterocycles. The van der Waals surface area contributed by atoms with Gasteiger partial charge in [-0.3, -0.25) is 9.59 Å². The second-order valence-corrected chi connectivity index (χ2v) is 6.70. The molecule has 0 saturated carbocycles. The fraction of sp³-hybridized carbons (Fsp3) is 0.529. The van der Waals surface area contributed by atoms with Crippen LogP contribution in [-0.2, 0) is 27.2 Å². The summed E-state index contributed by atoms with van der Waals surface area (Å²) in [5.41, 5.74) is -0.441. The van der Waals surface area contributed by atoms with Crippen molar-refractivity contribution in [1.82, 2.24) is 9.88 Å². The second kappa shape index (κ2) is 7.09. The van der Waals surface area contributed by atoms with Crippen molar-refractivity contribution in [2.75, 3.05) is 20.3 Å². The zero-order valence-corrected chi connectivity index (χ0v) is 15.0. The highest BCUT2D eigenvalue weighted by Crippen LogP contribution is 2.34. The minimum absolute atomic E-state index is 0.0304. The number of aromatic nitrogens is 1. The van der Waals surface area contributed by atoms with E-state index >= 15 is 0 Å². The van der Waals surface area contributed by atoms with Gasteiger partial charge >= 0.3 is 5.97 Å². The zero-order valence-electron chi connectivity index (χ0n) is 14.3. The molecule has 0 aliphatic carbocycles. The van der Waals surface area contributed by atoms with Gasteiger partial charge in [-0.1, -0.05) is 11.6 Å². The minimum atomic E-state index is -1.14. The SMILES string of the molecule is COC(=O)c1c(Cl)c(C(=O)C(=O)NC2(C#N)CCOCC2)n2c1CCC2. The molecule has 0 bridgehead atoms. The Morgan fingerprint density at radius 1 is 1.35 bits per heavy atom. The summed E-state index contributed by atoms with van der Waals surface area (Å²) in [6.45, 7) is 1.14. The van der Waals surface area contributed by atoms with Gasteiger partial charge in [0, 0.05) is 38.3 Å². The molecule has 1 amide bonds. The Kier molecular flexibility index (Phi) is 5.03. The number of halogens is 1. The predicted molar refractivity (Wildman–Crippen MR) is 90.0 cm³/mol. The van der Waals surface area contributed by atoms with Gasteiger partial charge in [-0.05, 0) is 12.8 Å². The van der Waals surface area contributed by atoms with E-state index in [9.17, 15) is 19.6 Å². The number of nitrogens with one attached hydrogen (secondary N) is 1. The first-order valence-electron chi connectivity index (χ1n) is 8.29. The Labute approximate surface area is 155 Å². The van der Waals surface area contributed by atoms with E-state index in [4.69, 9.17) is 21.1 Å². The lowest BCUT2D eigenvalue weighted by Gasteiger charge is -2.31. The quantitative estimate of drug-likeness (QED) is 0.479. The van der Waals surface area contributed by atoms with E-state index in [2.05, 4.69) is 11.4 Å². The number of hydrogen-bond acceptors (Lipinski definition) is 6. The third kappa shape index (κ3) is 2.97. The van der Waals surface area contributed by atoms with Crippen LogP contribution in [0, 0.1) is 11.3 Å². The van der Waals surface area contributed by atoms with Crippen molar-refractivity contribution >= 4 is 29.3 Å². The first-order valence-corrected chi connectivity index (χ1v) is 8.67. The fourth-order valence-corrected chi connectivity index (χ4v) is 3.82. The van der Waals surface area contributed by atoms with Gasteiger partial charge in [0.15, 0.2) is 0 Å². The number of nitrogens with zero attached hydrogens (tertiary/aromatic N) is 2. The van der Waals surface area contributed by atoms with E-state index in [1.165, 1.54) is 7.11 Å². The number of hydrogen-bond donors (Lipinski definition) is 1. The van der Waals surface area contributed by atoms with Crippen LogP contribution in [0.4, 0.5) is 0 Å². The van der Waals surface area contributed by atoms with Crippen LogP contribution in [0.2, 0.25) is 5.02 Å². The molecule has 3 rings (SSSR count). The van der Waals surface area contributed by atoms with Gasteiger partial charge in [0.25, 0.3) is 11.7 Å². The molecule has 1 fully saturated rings. The van der Waals surface area contributed by atoms with Gasteiger partial charge in [0.05, 0.1) is 23.8 Å². The van der Waals surface area contributed by atoms with E-state index in [0.29, 0.717) is 44.7 Å².